The van der Waals surface area contributed by atoms with Gasteiger partial charge < -0.3 is 9.47 Å². The molecule has 0 N–H and O–H groups in total. The first-order chi connectivity index (χ1) is 11.7. The first-order valence-electron chi connectivity index (χ1n) is 8.00. The summed E-state index contributed by atoms with van der Waals surface area (Å²) in [6.45, 7) is 2.22. The molecule has 0 spiro atoms. The molecule has 2 aromatic rings. The number of thioether (sulfide) groups is 1. The Balaban J connectivity index is 1.60. The monoisotopic (exact) mass is 362 g/mol. The third-order valence-corrected chi connectivity index (χ3v) is 5.26. The minimum Gasteiger partial charge on any atom is -0.486 e. The molecular formula is C19H19ClO3S. The van der Waals surface area contributed by atoms with Crippen LogP contribution in [0.1, 0.15) is 30.6 Å². The number of esters is 1. The van der Waals surface area contributed by atoms with E-state index in [0.29, 0.717) is 12.4 Å². The first-order valence-corrected chi connectivity index (χ1v) is 9.36. The summed E-state index contributed by atoms with van der Waals surface area (Å²) in [6, 6.07) is 13.8. The van der Waals surface area contributed by atoms with Crippen LogP contribution < -0.4 is 4.74 Å². The van der Waals surface area contributed by atoms with Crippen molar-refractivity contribution in [1.82, 2.24) is 0 Å². The highest BCUT2D eigenvalue weighted by atomic mass is 35.5. The molecule has 126 valence electrons. The van der Waals surface area contributed by atoms with E-state index in [9.17, 15) is 4.79 Å². The van der Waals surface area contributed by atoms with Crippen molar-refractivity contribution in [3.8, 4) is 5.75 Å². The smallest absolute Gasteiger partial charge is 0.316 e. The summed E-state index contributed by atoms with van der Waals surface area (Å²) in [6.07, 6.45) is 1.95. The molecule has 0 bridgehead atoms. The molecule has 5 heteroatoms. The summed E-state index contributed by atoms with van der Waals surface area (Å²) >= 11 is 7.71. The molecule has 0 radical (unpaired) electrons. The molecule has 1 atom stereocenters. The van der Waals surface area contributed by atoms with Gasteiger partial charge in [0.2, 0.25) is 0 Å². The molecule has 0 amide bonds. The molecule has 0 aliphatic heterocycles. The second-order valence-corrected chi connectivity index (χ2v) is 6.97. The predicted octanol–water partition coefficient (Wildman–Crippen LogP) is 5.06. The number of carbonyl (C=O) groups excluding carboxylic acids is 1. The fourth-order valence-electron chi connectivity index (χ4n) is 2.82. The van der Waals surface area contributed by atoms with Gasteiger partial charge in [-0.2, -0.15) is 0 Å². The van der Waals surface area contributed by atoms with E-state index in [2.05, 4.69) is 6.07 Å². The number of hydrogen-bond acceptors (Lipinski definition) is 4. The molecular weight excluding hydrogens is 344 g/mol. The highest BCUT2D eigenvalue weighted by Crippen LogP contribution is 2.38. The molecule has 1 unspecified atom stereocenters. The van der Waals surface area contributed by atoms with Crippen LogP contribution in [0.3, 0.4) is 0 Å². The van der Waals surface area contributed by atoms with Gasteiger partial charge >= 0.3 is 5.97 Å². The molecule has 1 aliphatic carbocycles. The number of halogens is 1. The van der Waals surface area contributed by atoms with Crippen molar-refractivity contribution in [3.05, 3.63) is 58.6 Å². The Hall–Kier alpha value is -1.65. The van der Waals surface area contributed by atoms with Crippen LogP contribution in [0, 0.1) is 0 Å². The Kier molecular flexibility index (Phi) is 5.69. The average Bonchev–Trinajstić information content (AvgIpc) is 2.99. The third kappa shape index (κ3) is 4.05. The van der Waals surface area contributed by atoms with Gasteiger partial charge in [0.15, 0.2) is 0 Å². The van der Waals surface area contributed by atoms with E-state index in [0.717, 1.165) is 28.5 Å². The van der Waals surface area contributed by atoms with E-state index in [-0.39, 0.29) is 12.1 Å². The average molecular weight is 363 g/mol. The lowest BCUT2D eigenvalue weighted by molar-refractivity contribution is -0.139. The van der Waals surface area contributed by atoms with Crippen LogP contribution in [0.15, 0.2) is 47.4 Å². The van der Waals surface area contributed by atoms with E-state index >= 15 is 0 Å². The Morgan fingerprint density at radius 3 is 2.79 bits per heavy atom. The number of ether oxygens (including phenoxy) is 2. The zero-order chi connectivity index (χ0) is 16.9. The highest BCUT2D eigenvalue weighted by Gasteiger charge is 2.25. The summed E-state index contributed by atoms with van der Waals surface area (Å²) in [7, 11) is 0. The van der Waals surface area contributed by atoms with Crippen LogP contribution in [0.4, 0.5) is 0 Å². The molecule has 0 saturated carbocycles. The predicted molar refractivity (Wildman–Crippen MR) is 96.9 cm³/mol. The van der Waals surface area contributed by atoms with Gasteiger partial charge in [0, 0.05) is 9.92 Å². The zero-order valence-electron chi connectivity index (χ0n) is 13.5. The number of hydrogen-bond donors (Lipinski definition) is 0. The Morgan fingerprint density at radius 2 is 2.04 bits per heavy atom. The van der Waals surface area contributed by atoms with E-state index in [1.807, 2.05) is 43.3 Å². The molecule has 0 saturated heterocycles. The first kappa shape index (κ1) is 17.2. The number of fused-ring (bicyclic) bond motifs is 1. The van der Waals surface area contributed by atoms with Gasteiger partial charge in [0.25, 0.3) is 0 Å². The van der Waals surface area contributed by atoms with Crippen molar-refractivity contribution >= 4 is 29.3 Å². The van der Waals surface area contributed by atoms with Crippen LogP contribution in [0.25, 0.3) is 0 Å². The fraction of sp³-hybridized carbons (Fsp3) is 0.316. The minimum absolute atomic E-state index is 0.0525. The van der Waals surface area contributed by atoms with Crippen molar-refractivity contribution in [2.45, 2.75) is 30.8 Å². The van der Waals surface area contributed by atoms with Gasteiger partial charge in [-0.05, 0) is 61.2 Å². The highest BCUT2D eigenvalue weighted by molar-refractivity contribution is 8.00. The lowest BCUT2D eigenvalue weighted by Crippen LogP contribution is -2.06. The van der Waals surface area contributed by atoms with Gasteiger partial charge in [0.05, 0.1) is 12.4 Å². The number of carbonyl (C=O) groups is 1. The normalized spacial score (nSPS) is 15.8. The SMILES string of the molecule is CCOC(=O)CSc1ccc(OC2CCc3c(Cl)cccc32)cc1. The lowest BCUT2D eigenvalue weighted by atomic mass is 10.1. The number of benzene rings is 2. The second kappa shape index (κ2) is 7.95. The molecule has 0 fully saturated rings. The largest absolute Gasteiger partial charge is 0.486 e. The number of rotatable bonds is 6. The lowest BCUT2D eigenvalue weighted by Gasteiger charge is -2.15. The zero-order valence-corrected chi connectivity index (χ0v) is 15.0. The van der Waals surface area contributed by atoms with Crippen LogP contribution in [-0.2, 0) is 16.0 Å². The summed E-state index contributed by atoms with van der Waals surface area (Å²) in [5.74, 6) is 0.957. The third-order valence-electron chi connectivity index (χ3n) is 3.92. The van der Waals surface area contributed by atoms with Crippen molar-refractivity contribution in [1.29, 1.82) is 0 Å². The van der Waals surface area contributed by atoms with Gasteiger partial charge in [-0.15, -0.1) is 11.8 Å². The maximum Gasteiger partial charge on any atom is 0.316 e. The summed E-state index contributed by atoms with van der Waals surface area (Å²) < 4.78 is 11.0. The quantitative estimate of drug-likeness (QED) is 0.531. The van der Waals surface area contributed by atoms with E-state index in [1.165, 1.54) is 22.9 Å². The van der Waals surface area contributed by atoms with Crippen LogP contribution in [0.2, 0.25) is 5.02 Å². The summed E-state index contributed by atoms with van der Waals surface area (Å²) in [4.78, 5) is 12.4. The fourth-order valence-corrected chi connectivity index (χ4v) is 3.79. The van der Waals surface area contributed by atoms with Crippen molar-refractivity contribution in [2.75, 3.05) is 12.4 Å². The molecule has 0 aromatic heterocycles. The molecule has 1 aliphatic rings. The van der Waals surface area contributed by atoms with Gasteiger partial charge in [-0.1, -0.05) is 23.7 Å². The van der Waals surface area contributed by atoms with Crippen molar-refractivity contribution < 1.29 is 14.3 Å². The van der Waals surface area contributed by atoms with Crippen molar-refractivity contribution in [3.63, 3.8) is 0 Å². The van der Waals surface area contributed by atoms with Crippen LogP contribution >= 0.6 is 23.4 Å². The van der Waals surface area contributed by atoms with E-state index < -0.39 is 0 Å². The van der Waals surface area contributed by atoms with Gasteiger partial charge in [0.1, 0.15) is 11.9 Å². The molecule has 3 rings (SSSR count). The Labute approximate surface area is 151 Å². The molecule has 24 heavy (non-hydrogen) atoms. The molecule has 3 nitrogen and oxygen atoms in total. The van der Waals surface area contributed by atoms with Crippen LogP contribution in [0.5, 0.6) is 5.75 Å². The molecule has 2 aromatic carbocycles. The van der Waals surface area contributed by atoms with Crippen LogP contribution in [-0.4, -0.2) is 18.3 Å². The maximum atomic E-state index is 11.4. The van der Waals surface area contributed by atoms with E-state index in [4.69, 9.17) is 21.1 Å². The Morgan fingerprint density at radius 1 is 1.25 bits per heavy atom. The summed E-state index contributed by atoms with van der Waals surface area (Å²) in [5.41, 5.74) is 2.38. The van der Waals surface area contributed by atoms with Crippen molar-refractivity contribution in [2.24, 2.45) is 0 Å². The van der Waals surface area contributed by atoms with E-state index in [1.54, 1.807) is 0 Å². The molecule has 0 heterocycles. The minimum atomic E-state index is -0.192. The Bertz CT molecular complexity index is 715. The standard InChI is InChI=1S/C19H19ClO3S/c1-2-22-19(21)12-24-14-8-6-13(7-9-14)23-18-11-10-15-16(18)4-3-5-17(15)20/h3-9,18H,2,10-12H2,1H3. The van der Waals surface area contributed by atoms with Gasteiger partial charge in [-0.25, -0.2) is 0 Å². The maximum absolute atomic E-state index is 11.4. The topological polar surface area (TPSA) is 35.5 Å². The van der Waals surface area contributed by atoms with Gasteiger partial charge in [-0.3, -0.25) is 4.79 Å². The summed E-state index contributed by atoms with van der Waals surface area (Å²) in [5, 5.41) is 0.823. The second-order valence-electron chi connectivity index (χ2n) is 5.52.